The molecule has 0 unspecified atom stereocenters. The number of benzene rings is 1. The zero-order chi connectivity index (χ0) is 11.7. The van der Waals surface area contributed by atoms with E-state index in [0.29, 0.717) is 0 Å². The van der Waals surface area contributed by atoms with Crippen LogP contribution in [0.1, 0.15) is 29.9 Å². The number of carbonyl (C=O) groups is 2. The molecular weight excluding hydrogens is 272 g/mol. The van der Waals surface area contributed by atoms with Crippen molar-refractivity contribution in [2.75, 3.05) is 0 Å². The summed E-state index contributed by atoms with van der Waals surface area (Å²) in [5, 5.41) is 0. The Morgan fingerprint density at radius 3 is 2.50 bits per heavy atom. The summed E-state index contributed by atoms with van der Waals surface area (Å²) in [6.45, 7) is 1.98. The minimum atomic E-state index is -0.430. The molecule has 0 radical (unpaired) electrons. The van der Waals surface area contributed by atoms with Crippen LogP contribution < -0.4 is 0 Å². The first kappa shape index (κ1) is 11.3. The molecule has 3 nitrogen and oxygen atoms in total. The molecule has 1 aliphatic heterocycles. The molecule has 0 aliphatic carbocycles. The minimum absolute atomic E-state index is 0.0498. The van der Waals surface area contributed by atoms with Gasteiger partial charge in [-0.15, -0.1) is 0 Å². The normalized spacial score (nSPS) is 17.4. The molecule has 1 fully saturated rings. The van der Waals surface area contributed by atoms with E-state index in [1.54, 1.807) is 0 Å². The summed E-state index contributed by atoms with van der Waals surface area (Å²) in [6.07, 6.45) is 0.562. The predicted octanol–water partition coefficient (Wildman–Crippen LogP) is 2.70. The fraction of sp³-hybridized carbons (Fsp3) is 0.333. The van der Waals surface area contributed by atoms with Gasteiger partial charge < -0.3 is 4.74 Å². The van der Waals surface area contributed by atoms with E-state index in [9.17, 15) is 9.59 Å². The van der Waals surface area contributed by atoms with Crippen molar-refractivity contribution >= 4 is 27.9 Å². The van der Waals surface area contributed by atoms with E-state index in [2.05, 4.69) is 20.7 Å². The topological polar surface area (TPSA) is 43.4 Å². The van der Waals surface area contributed by atoms with Crippen molar-refractivity contribution < 1.29 is 14.3 Å². The number of halogens is 1. The molecule has 1 saturated heterocycles. The van der Waals surface area contributed by atoms with E-state index >= 15 is 0 Å². The lowest BCUT2D eigenvalue weighted by Gasteiger charge is -2.22. The molecular formula is C12H11BrO3. The maximum atomic E-state index is 11.2. The van der Waals surface area contributed by atoms with Gasteiger partial charge in [-0.25, -0.2) is 0 Å². The van der Waals surface area contributed by atoms with Gasteiger partial charge in [0, 0.05) is 10.4 Å². The second kappa shape index (κ2) is 4.37. The van der Waals surface area contributed by atoms with Gasteiger partial charge in [0.15, 0.2) is 0 Å². The summed E-state index contributed by atoms with van der Waals surface area (Å²) >= 11 is 3.44. The van der Waals surface area contributed by atoms with Gasteiger partial charge in [-0.2, -0.15) is 0 Å². The standard InChI is InChI=1S/C12H11BrO3/c1-7-9(3-2-4-10(7)13)8-5-11(14)16-12(15)6-8/h2-4,8H,5-6H2,1H3. The van der Waals surface area contributed by atoms with Crippen molar-refractivity contribution in [1.82, 2.24) is 0 Å². The van der Waals surface area contributed by atoms with Crippen LogP contribution in [0.2, 0.25) is 0 Å². The second-order valence-electron chi connectivity index (χ2n) is 3.91. The highest BCUT2D eigenvalue weighted by molar-refractivity contribution is 9.10. The highest BCUT2D eigenvalue weighted by Gasteiger charge is 2.29. The summed E-state index contributed by atoms with van der Waals surface area (Å²) in [6, 6.07) is 5.81. The number of rotatable bonds is 1. The van der Waals surface area contributed by atoms with E-state index in [4.69, 9.17) is 0 Å². The third-order valence-electron chi connectivity index (χ3n) is 2.80. The zero-order valence-corrected chi connectivity index (χ0v) is 10.4. The number of cyclic esters (lactones) is 2. The zero-order valence-electron chi connectivity index (χ0n) is 8.83. The maximum absolute atomic E-state index is 11.2. The van der Waals surface area contributed by atoms with Gasteiger partial charge in [0.25, 0.3) is 0 Å². The van der Waals surface area contributed by atoms with Gasteiger partial charge in [-0.1, -0.05) is 28.1 Å². The molecule has 0 aromatic heterocycles. The van der Waals surface area contributed by atoms with Crippen LogP contribution in [0.5, 0.6) is 0 Å². The third-order valence-corrected chi connectivity index (χ3v) is 3.66. The smallest absolute Gasteiger partial charge is 0.314 e. The number of hydrogen-bond acceptors (Lipinski definition) is 3. The fourth-order valence-corrected chi connectivity index (χ4v) is 2.35. The van der Waals surface area contributed by atoms with E-state index in [1.807, 2.05) is 25.1 Å². The molecule has 0 amide bonds. The first-order chi connectivity index (χ1) is 7.58. The Labute approximate surface area is 102 Å². The quantitative estimate of drug-likeness (QED) is 0.588. The van der Waals surface area contributed by atoms with Gasteiger partial charge in [-0.3, -0.25) is 9.59 Å². The Bertz CT molecular complexity index is 438. The molecule has 0 saturated carbocycles. The summed E-state index contributed by atoms with van der Waals surface area (Å²) < 4.78 is 5.52. The molecule has 2 rings (SSSR count). The van der Waals surface area contributed by atoms with Crippen LogP contribution in [-0.4, -0.2) is 11.9 Å². The van der Waals surface area contributed by atoms with Crippen molar-refractivity contribution in [3.63, 3.8) is 0 Å². The summed E-state index contributed by atoms with van der Waals surface area (Å²) in [7, 11) is 0. The molecule has 4 heteroatoms. The average Bonchev–Trinajstić information content (AvgIpc) is 2.20. The van der Waals surface area contributed by atoms with Crippen molar-refractivity contribution in [3.05, 3.63) is 33.8 Å². The first-order valence-electron chi connectivity index (χ1n) is 5.06. The lowest BCUT2D eigenvalue weighted by Crippen LogP contribution is -2.24. The minimum Gasteiger partial charge on any atom is -0.393 e. The van der Waals surface area contributed by atoms with E-state index in [1.165, 1.54) is 0 Å². The molecule has 0 spiro atoms. The predicted molar refractivity (Wildman–Crippen MR) is 62.0 cm³/mol. The van der Waals surface area contributed by atoms with E-state index in [0.717, 1.165) is 15.6 Å². The molecule has 1 aromatic carbocycles. The van der Waals surface area contributed by atoms with E-state index < -0.39 is 11.9 Å². The van der Waals surface area contributed by atoms with Crippen molar-refractivity contribution in [2.24, 2.45) is 0 Å². The van der Waals surface area contributed by atoms with Crippen molar-refractivity contribution in [3.8, 4) is 0 Å². The highest BCUT2D eigenvalue weighted by atomic mass is 79.9. The van der Waals surface area contributed by atoms with Crippen molar-refractivity contribution in [1.29, 1.82) is 0 Å². The monoisotopic (exact) mass is 282 g/mol. The molecule has 1 aliphatic rings. The molecule has 1 aromatic rings. The van der Waals surface area contributed by atoms with Gasteiger partial charge in [0.2, 0.25) is 0 Å². The van der Waals surface area contributed by atoms with Crippen LogP contribution in [0.3, 0.4) is 0 Å². The molecule has 0 atom stereocenters. The Morgan fingerprint density at radius 2 is 1.88 bits per heavy atom. The number of esters is 2. The van der Waals surface area contributed by atoms with E-state index in [-0.39, 0.29) is 18.8 Å². The Balaban J connectivity index is 2.33. The average molecular weight is 283 g/mol. The molecule has 0 N–H and O–H groups in total. The van der Waals surface area contributed by atoms with Crippen molar-refractivity contribution in [2.45, 2.75) is 25.7 Å². The van der Waals surface area contributed by atoms with Crippen LogP contribution in [0.15, 0.2) is 22.7 Å². The van der Waals surface area contributed by atoms with Crippen LogP contribution in [0, 0.1) is 6.92 Å². The van der Waals surface area contributed by atoms with Gasteiger partial charge in [0.1, 0.15) is 0 Å². The second-order valence-corrected chi connectivity index (χ2v) is 4.76. The molecule has 16 heavy (non-hydrogen) atoms. The molecule has 0 bridgehead atoms. The highest BCUT2D eigenvalue weighted by Crippen LogP contribution is 2.32. The van der Waals surface area contributed by atoms with Gasteiger partial charge >= 0.3 is 11.9 Å². The molecule has 84 valence electrons. The van der Waals surface area contributed by atoms with Crippen LogP contribution in [-0.2, 0) is 14.3 Å². The maximum Gasteiger partial charge on any atom is 0.314 e. The summed E-state index contributed by atoms with van der Waals surface area (Å²) in [4.78, 5) is 22.4. The van der Waals surface area contributed by atoms with Crippen LogP contribution >= 0.6 is 15.9 Å². The largest absolute Gasteiger partial charge is 0.393 e. The van der Waals surface area contributed by atoms with Crippen LogP contribution in [0.4, 0.5) is 0 Å². The fourth-order valence-electron chi connectivity index (χ4n) is 1.97. The molecule has 1 heterocycles. The van der Waals surface area contributed by atoms with Gasteiger partial charge in [0.05, 0.1) is 12.8 Å². The summed E-state index contributed by atoms with van der Waals surface area (Å²) in [5.74, 6) is -0.910. The summed E-state index contributed by atoms with van der Waals surface area (Å²) in [5.41, 5.74) is 2.12. The number of ether oxygens (including phenoxy) is 1. The number of hydrogen-bond donors (Lipinski definition) is 0. The number of carbonyl (C=O) groups excluding carboxylic acids is 2. The Morgan fingerprint density at radius 1 is 1.25 bits per heavy atom. The lowest BCUT2D eigenvalue weighted by molar-refractivity contribution is -0.163. The first-order valence-corrected chi connectivity index (χ1v) is 5.85. The van der Waals surface area contributed by atoms with Crippen LogP contribution in [0.25, 0.3) is 0 Å². The van der Waals surface area contributed by atoms with Gasteiger partial charge in [-0.05, 0) is 24.1 Å². The Hall–Kier alpha value is -1.16. The SMILES string of the molecule is Cc1c(Br)cccc1C1CC(=O)OC(=O)C1. The lowest BCUT2D eigenvalue weighted by atomic mass is 9.88. The third kappa shape index (κ3) is 2.16. The Kier molecular flexibility index (Phi) is 3.10.